The first-order chi connectivity index (χ1) is 20.8. The van der Waals surface area contributed by atoms with E-state index in [1.165, 1.54) is 38.6 Å². The highest BCUT2D eigenvalue weighted by molar-refractivity contribution is 7.87. The van der Waals surface area contributed by atoms with Gasteiger partial charge >= 0.3 is 10.1 Å². The standard InChI is InChI=1S/C28H17ClF6N2O6S/c1-41-20-9-15(13-8-16(29)28(42-2)36-11-13)17(30)10-19(20)37-18-5-4-14(7-12(18)3-6-21(37)38)44(39,40)43-27-25(34)23(32)22(31)24(33)26(27)35/h3-9,11,17H,10H2,1-2H3/t17-/m1/s1. The topological polar surface area (TPSA) is 96.7 Å². The Kier molecular flexibility index (Phi) is 8.11. The van der Waals surface area contributed by atoms with Gasteiger partial charge in [0.2, 0.25) is 40.7 Å². The summed E-state index contributed by atoms with van der Waals surface area (Å²) in [6.07, 6.45) is 0.653. The van der Waals surface area contributed by atoms with Crippen LogP contribution < -0.4 is 14.5 Å². The van der Waals surface area contributed by atoms with E-state index in [4.69, 9.17) is 21.1 Å². The molecule has 0 radical (unpaired) electrons. The van der Waals surface area contributed by atoms with E-state index in [1.54, 1.807) is 0 Å². The summed E-state index contributed by atoms with van der Waals surface area (Å²) in [6, 6.07) is 6.62. The number of fused-ring (bicyclic) bond motifs is 1. The Balaban J connectivity index is 1.59. The number of aromatic nitrogens is 2. The molecule has 2 heterocycles. The number of allylic oxidation sites excluding steroid dienone is 3. The van der Waals surface area contributed by atoms with Gasteiger partial charge in [0.15, 0.2) is 0 Å². The molecule has 8 nitrogen and oxygen atoms in total. The molecular weight excluding hydrogens is 642 g/mol. The Bertz CT molecular complexity index is 2050. The average Bonchev–Trinajstić information content (AvgIpc) is 3.00. The zero-order valence-corrected chi connectivity index (χ0v) is 23.9. The van der Waals surface area contributed by atoms with E-state index in [2.05, 4.69) is 9.17 Å². The Labute approximate surface area is 249 Å². The molecule has 0 saturated carbocycles. The van der Waals surface area contributed by atoms with Gasteiger partial charge in [-0.15, -0.1) is 0 Å². The summed E-state index contributed by atoms with van der Waals surface area (Å²) in [7, 11) is -2.51. The lowest BCUT2D eigenvalue weighted by molar-refractivity contribution is 0.299. The molecule has 0 saturated heterocycles. The first-order valence-corrected chi connectivity index (χ1v) is 14.0. The maximum atomic E-state index is 15.6. The van der Waals surface area contributed by atoms with Crippen LogP contribution in [0.1, 0.15) is 12.0 Å². The van der Waals surface area contributed by atoms with Crippen LogP contribution in [0.15, 0.2) is 64.1 Å². The van der Waals surface area contributed by atoms with E-state index >= 15 is 4.39 Å². The minimum atomic E-state index is -5.17. The molecule has 0 aliphatic heterocycles. The van der Waals surface area contributed by atoms with Gasteiger partial charge in [-0.2, -0.15) is 17.2 Å². The number of hydrogen-bond acceptors (Lipinski definition) is 7. The normalized spacial score (nSPS) is 15.4. The fourth-order valence-electron chi connectivity index (χ4n) is 4.54. The minimum Gasteiger partial charge on any atom is -0.495 e. The summed E-state index contributed by atoms with van der Waals surface area (Å²) in [5, 5.41) is 0.179. The summed E-state index contributed by atoms with van der Waals surface area (Å²) in [6.45, 7) is 0. The number of halogens is 7. The fraction of sp³-hybridized carbons (Fsp3) is 0.143. The molecule has 0 fully saturated rings. The largest absolute Gasteiger partial charge is 0.495 e. The van der Waals surface area contributed by atoms with Crippen molar-refractivity contribution < 1.29 is 48.4 Å². The molecule has 16 heteroatoms. The number of ether oxygens (including phenoxy) is 2. The second-order valence-electron chi connectivity index (χ2n) is 9.17. The summed E-state index contributed by atoms with van der Waals surface area (Å²) in [5.74, 6) is -14.1. The third kappa shape index (κ3) is 5.26. The molecule has 0 spiro atoms. The lowest BCUT2D eigenvalue weighted by Crippen LogP contribution is -2.24. The second-order valence-corrected chi connectivity index (χ2v) is 11.1. The van der Waals surface area contributed by atoms with E-state index in [0.29, 0.717) is 5.56 Å². The maximum Gasteiger partial charge on any atom is 0.339 e. The van der Waals surface area contributed by atoms with E-state index in [9.17, 15) is 35.2 Å². The molecule has 0 bridgehead atoms. The minimum absolute atomic E-state index is 0.0472. The van der Waals surface area contributed by atoms with Crippen LogP contribution in [0.2, 0.25) is 5.02 Å². The maximum absolute atomic E-state index is 15.6. The SMILES string of the molecule is COC1=C(n2c(=O)ccc3cc(S(=O)(=O)Oc4c(F)c(F)c(F)c(F)c4F)ccc32)C[C@@H](F)C(c2cnc(OC)c(Cl)c2)=C1. The van der Waals surface area contributed by atoms with Gasteiger partial charge in [0.25, 0.3) is 5.56 Å². The molecule has 44 heavy (non-hydrogen) atoms. The molecule has 1 aliphatic rings. The third-order valence-corrected chi connectivity index (χ3v) is 8.11. The Morgan fingerprint density at radius 1 is 0.932 bits per heavy atom. The number of pyridine rings is 2. The molecule has 1 atom stereocenters. The van der Waals surface area contributed by atoms with Crippen LogP contribution >= 0.6 is 11.6 Å². The van der Waals surface area contributed by atoms with Gasteiger partial charge in [0.05, 0.1) is 25.4 Å². The highest BCUT2D eigenvalue weighted by atomic mass is 35.5. The molecule has 5 rings (SSSR count). The van der Waals surface area contributed by atoms with Gasteiger partial charge in [-0.3, -0.25) is 9.36 Å². The molecular formula is C28H17ClF6N2O6S. The molecule has 0 N–H and O–H groups in total. The first kappa shape index (κ1) is 30.9. The molecule has 230 valence electrons. The predicted octanol–water partition coefficient (Wildman–Crippen LogP) is 6.16. The molecule has 2 aromatic heterocycles. The molecule has 2 aromatic carbocycles. The van der Waals surface area contributed by atoms with Crippen molar-refractivity contribution in [3.8, 4) is 11.6 Å². The number of rotatable bonds is 7. The monoisotopic (exact) mass is 658 g/mol. The quantitative estimate of drug-likeness (QED) is 0.102. The summed E-state index contributed by atoms with van der Waals surface area (Å²) in [4.78, 5) is 16.3. The van der Waals surface area contributed by atoms with Crippen molar-refractivity contribution in [1.82, 2.24) is 9.55 Å². The second kappa shape index (κ2) is 11.5. The lowest BCUT2D eigenvalue weighted by Gasteiger charge is -2.25. The van der Waals surface area contributed by atoms with Crippen molar-refractivity contribution in [2.45, 2.75) is 17.5 Å². The van der Waals surface area contributed by atoms with Crippen LogP contribution in [0.25, 0.3) is 22.2 Å². The molecule has 4 aromatic rings. The zero-order chi connectivity index (χ0) is 32.1. The van der Waals surface area contributed by atoms with Gasteiger partial charge < -0.3 is 13.7 Å². The van der Waals surface area contributed by atoms with Crippen molar-refractivity contribution in [3.63, 3.8) is 0 Å². The third-order valence-electron chi connectivity index (χ3n) is 6.62. The van der Waals surface area contributed by atoms with Gasteiger partial charge in [-0.05, 0) is 42.0 Å². The smallest absolute Gasteiger partial charge is 0.339 e. The highest BCUT2D eigenvalue weighted by Gasteiger charge is 2.32. The lowest BCUT2D eigenvalue weighted by atomic mass is 9.93. The summed E-state index contributed by atoms with van der Waals surface area (Å²) in [5.41, 5.74) is -0.0375. The van der Waals surface area contributed by atoms with Crippen molar-refractivity contribution in [2.75, 3.05) is 14.2 Å². The zero-order valence-electron chi connectivity index (χ0n) is 22.3. The number of nitrogens with zero attached hydrogens (tertiary/aromatic N) is 2. The van der Waals surface area contributed by atoms with Crippen LogP contribution in [-0.2, 0) is 14.9 Å². The summed E-state index contributed by atoms with van der Waals surface area (Å²) >= 11 is 6.14. The summed E-state index contributed by atoms with van der Waals surface area (Å²) < 4.78 is 126. The van der Waals surface area contributed by atoms with E-state index in [0.717, 1.165) is 28.8 Å². The fourth-order valence-corrected chi connectivity index (χ4v) is 5.76. The van der Waals surface area contributed by atoms with Gasteiger partial charge in [0, 0.05) is 29.6 Å². The van der Waals surface area contributed by atoms with E-state index in [-0.39, 0.29) is 45.3 Å². The van der Waals surface area contributed by atoms with E-state index < -0.39 is 61.6 Å². The average molecular weight is 659 g/mol. The van der Waals surface area contributed by atoms with Crippen molar-refractivity contribution in [3.05, 3.63) is 104 Å². The van der Waals surface area contributed by atoms with Crippen molar-refractivity contribution >= 4 is 43.9 Å². The number of alkyl halides is 1. The highest BCUT2D eigenvalue weighted by Crippen LogP contribution is 2.38. The van der Waals surface area contributed by atoms with Crippen LogP contribution in [0.4, 0.5) is 26.3 Å². The number of methoxy groups -OCH3 is 2. The predicted molar refractivity (Wildman–Crippen MR) is 146 cm³/mol. The Hall–Kier alpha value is -4.50. The van der Waals surface area contributed by atoms with Gasteiger partial charge in [-0.1, -0.05) is 11.6 Å². The van der Waals surface area contributed by atoms with Crippen LogP contribution in [0, 0.1) is 29.1 Å². The van der Waals surface area contributed by atoms with E-state index in [1.807, 2.05) is 0 Å². The van der Waals surface area contributed by atoms with Crippen molar-refractivity contribution in [1.29, 1.82) is 0 Å². The number of benzene rings is 2. The Morgan fingerprint density at radius 2 is 1.59 bits per heavy atom. The molecule has 0 amide bonds. The van der Waals surface area contributed by atoms with Gasteiger partial charge in [0.1, 0.15) is 21.8 Å². The first-order valence-electron chi connectivity index (χ1n) is 12.2. The van der Waals surface area contributed by atoms with Crippen LogP contribution in [-0.4, -0.2) is 38.4 Å². The van der Waals surface area contributed by atoms with Crippen LogP contribution in [0.5, 0.6) is 11.6 Å². The Morgan fingerprint density at radius 3 is 2.20 bits per heavy atom. The van der Waals surface area contributed by atoms with Crippen molar-refractivity contribution in [2.24, 2.45) is 0 Å². The van der Waals surface area contributed by atoms with Crippen LogP contribution in [0.3, 0.4) is 0 Å². The molecule has 1 aliphatic carbocycles. The number of hydrogen-bond donors (Lipinski definition) is 0. The van der Waals surface area contributed by atoms with Gasteiger partial charge in [-0.25, -0.2) is 22.5 Å². The molecule has 0 unspecified atom stereocenters.